The van der Waals surface area contributed by atoms with Gasteiger partial charge >= 0.3 is 17.9 Å². The van der Waals surface area contributed by atoms with Gasteiger partial charge in [-0.3, -0.25) is 14.4 Å². The van der Waals surface area contributed by atoms with Crippen molar-refractivity contribution in [2.24, 2.45) is 11.8 Å². The average Bonchev–Trinajstić information content (AvgIpc) is 2.14. The van der Waals surface area contributed by atoms with Crippen LogP contribution < -0.4 is 0 Å². The lowest BCUT2D eigenvalue weighted by atomic mass is 9.89. The van der Waals surface area contributed by atoms with Gasteiger partial charge in [0.1, 0.15) is 0 Å². The molecule has 0 aromatic heterocycles. The molecule has 0 aliphatic heterocycles. The Kier molecular flexibility index (Phi) is 6.14. The molecule has 3 N–H and O–H groups in total. The maximum absolute atomic E-state index is 10.8. The lowest BCUT2D eigenvalue weighted by Gasteiger charge is -2.15. The highest BCUT2D eigenvalue weighted by Gasteiger charge is 2.28. The molecule has 6 nitrogen and oxygen atoms in total. The van der Waals surface area contributed by atoms with E-state index >= 15 is 0 Å². The fraction of sp³-hybridized carbons (Fsp3) is 0.700. The molecule has 92 valence electrons. The second-order valence-corrected chi connectivity index (χ2v) is 3.69. The summed E-state index contributed by atoms with van der Waals surface area (Å²) in [4.78, 5) is 31.9. The minimum Gasteiger partial charge on any atom is -0.481 e. The molecule has 2 atom stereocenters. The zero-order valence-electron chi connectivity index (χ0n) is 9.05. The molecule has 0 spiro atoms. The maximum atomic E-state index is 10.8. The van der Waals surface area contributed by atoms with Crippen LogP contribution in [0.2, 0.25) is 0 Å². The molecule has 0 radical (unpaired) electrons. The first kappa shape index (κ1) is 14.4. The van der Waals surface area contributed by atoms with E-state index in [-0.39, 0.29) is 6.42 Å². The van der Waals surface area contributed by atoms with E-state index in [2.05, 4.69) is 0 Å². The Bertz CT molecular complexity index is 272. The third-order valence-electron chi connectivity index (χ3n) is 2.33. The molecule has 2 unspecified atom stereocenters. The van der Waals surface area contributed by atoms with Crippen molar-refractivity contribution in [3.05, 3.63) is 0 Å². The molecule has 0 aliphatic carbocycles. The highest BCUT2D eigenvalue weighted by atomic mass is 16.4. The standard InChI is InChI=1S/C10H16O6/c1-2-3-6(9(13)14)4-7(10(15)16)5-8(11)12/h6-7H,2-5H2,1H3,(H,11,12)(H,13,14)(H,15,16). The van der Waals surface area contributed by atoms with E-state index < -0.39 is 36.2 Å². The van der Waals surface area contributed by atoms with E-state index in [0.717, 1.165) is 0 Å². The molecule has 0 fully saturated rings. The average molecular weight is 232 g/mol. The molecule has 0 heterocycles. The Morgan fingerprint density at radius 2 is 1.50 bits per heavy atom. The van der Waals surface area contributed by atoms with Gasteiger partial charge in [-0.25, -0.2) is 0 Å². The van der Waals surface area contributed by atoms with Crippen LogP contribution in [-0.4, -0.2) is 33.2 Å². The molecule has 16 heavy (non-hydrogen) atoms. The number of hydrogen-bond donors (Lipinski definition) is 3. The van der Waals surface area contributed by atoms with Gasteiger partial charge in [-0.15, -0.1) is 0 Å². The van der Waals surface area contributed by atoms with Crippen molar-refractivity contribution >= 4 is 17.9 Å². The first-order valence-corrected chi connectivity index (χ1v) is 5.05. The Morgan fingerprint density at radius 1 is 1.00 bits per heavy atom. The van der Waals surface area contributed by atoms with Crippen molar-refractivity contribution < 1.29 is 29.7 Å². The third-order valence-corrected chi connectivity index (χ3v) is 2.33. The summed E-state index contributed by atoms with van der Waals surface area (Å²) in [6.07, 6.45) is 0.308. The molecule has 0 aliphatic rings. The van der Waals surface area contributed by atoms with Crippen molar-refractivity contribution in [3.63, 3.8) is 0 Å². The lowest BCUT2D eigenvalue weighted by Crippen LogP contribution is -2.24. The van der Waals surface area contributed by atoms with Gasteiger partial charge in [0, 0.05) is 0 Å². The normalized spacial score (nSPS) is 14.1. The van der Waals surface area contributed by atoms with Gasteiger partial charge in [-0.05, 0) is 12.8 Å². The molecule has 0 saturated carbocycles. The van der Waals surface area contributed by atoms with Crippen molar-refractivity contribution in [3.8, 4) is 0 Å². The number of carbonyl (C=O) groups is 3. The minimum atomic E-state index is -1.26. The highest BCUT2D eigenvalue weighted by molar-refractivity contribution is 5.78. The monoisotopic (exact) mass is 232 g/mol. The third kappa shape index (κ3) is 5.33. The van der Waals surface area contributed by atoms with Crippen LogP contribution in [0, 0.1) is 11.8 Å². The molecule has 0 aromatic rings. The van der Waals surface area contributed by atoms with Crippen LogP contribution in [0.25, 0.3) is 0 Å². The fourth-order valence-electron chi connectivity index (χ4n) is 1.52. The van der Waals surface area contributed by atoms with Crippen molar-refractivity contribution in [2.45, 2.75) is 32.6 Å². The van der Waals surface area contributed by atoms with E-state index in [9.17, 15) is 14.4 Å². The summed E-state index contributed by atoms with van der Waals surface area (Å²) in [5.41, 5.74) is 0. The summed E-state index contributed by atoms with van der Waals surface area (Å²) in [6, 6.07) is 0. The number of rotatable bonds is 8. The number of carboxylic acid groups (broad SMARTS) is 3. The number of aliphatic carboxylic acids is 3. The Hall–Kier alpha value is -1.59. The highest BCUT2D eigenvalue weighted by Crippen LogP contribution is 2.20. The summed E-state index contributed by atoms with van der Waals surface area (Å²) in [6.45, 7) is 1.79. The van der Waals surface area contributed by atoms with E-state index in [1.54, 1.807) is 6.92 Å². The Labute approximate surface area is 92.9 Å². The second kappa shape index (κ2) is 6.81. The van der Waals surface area contributed by atoms with Crippen molar-refractivity contribution in [2.75, 3.05) is 0 Å². The van der Waals surface area contributed by atoms with E-state index in [1.807, 2.05) is 0 Å². The molecule has 0 aromatic carbocycles. The quantitative estimate of drug-likeness (QED) is 0.576. The van der Waals surface area contributed by atoms with E-state index in [0.29, 0.717) is 12.8 Å². The van der Waals surface area contributed by atoms with Crippen LogP contribution in [0.4, 0.5) is 0 Å². The summed E-state index contributed by atoms with van der Waals surface area (Å²) in [7, 11) is 0. The smallest absolute Gasteiger partial charge is 0.307 e. The van der Waals surface area contributed by atoms with Crippen LogP contribution in [0.3, 0.4) is 0 Å². The summed E-state index contributed by atoms with van der Waals surface area (Å²) < 4.78 is 0. The van der Waals surface area contributed by atoms with Gasteiger partial charge in [-0.2, -0.15) is 0 Å². The van der Waals surface area contributed by atoms with Crippen molar-refractivity contribution in [1.82, 2.24) is 0 Å². The SMILES string of the molecule is CCCC(CC(CC(=O)O)C(=O)O)C(=O)O. The zero-order valence-corrected chi connectivity index (χ0v) is 9.05. The van der Waals surface area contributed by atoms with Crippen LogP contribution in [0.15, 0.2) is 0 Å². The molecule has 0 amide bonds. The van der Waals surface area contributed by atoms with Crippen LogP contribution >= 0.6 is 0 Å². The summed E-state index contributed by atoms with van der Waals surface area (Å²) >= 11 is 0. The van der Waals surface area contributed by atoms with Crippen LogP contribution in [0.1, 0.15) is 32.6 Å². The zero-order chi connectivity index (χ0) is 12.7. The van der Waals surface area contributed by atoms with Crippen molar-refractivity contribution in [1.29, 1.82) is 0 Å². The van der Waals surface area contributed by atoms with Gasteiger partial charge in [0.05, 0.1) is 18.3 Å². The Balaban J connectivity index is 4.50. The fourth-order valence-corrected chi connectivity index (χ4v) is 1.52. The molecular weight excluding hydrogens is 216 g/mol. The predicted molar refractivity (Wildman–Crippen MR) is 54.0 cm³/mol. The predicted octanol–water partition coefficient (Wildman–Crippen LogP) is 1.05. The van der Waals surface area contributed by atoms with Gasteiger partial charge in [0.2, 0.25) is 0 Å². The molecular formula is C10H16O6. The number of hydrogen-bond acceptors (Lipinski definition) is 3. The van der Waals surface area contributed by atoms with Gasteiger partial charge in [0.15, 0.2) is 0 Å². The maximum Gasteiger partial charge on any atom is 0.307 e. The summed E-state index contributed by atoms with van der Waals surface area (Å²) in [5, 5.41) is 26.1. The minimum absolute atomic E-state index is 0.134. The van der Waals surface area contributed by atoms with E-state index in [4.69, 9.17) is 15.3 Å². The van der Waals surface area contributed by atoms with Gasteiger partial charge in [0.25, 0.3) is 0 Å². The summed E-state index contributed by atoms with van der Waals surface area (Å²) in [5.74, 6) is -5.48. The Morgan fingerprint density at radius 3 is 1.81 bits per heavy atom. The van der Waals surface area contributed by atoms with Gasteiger partial charge in [-0.1, -0.05) is 13.3 Å². The van der Waals surface area contributed by atoms with Crippen LogP contribution in [-0.2, 0) is 14.4 Å². The van der Waals surface area contributed by atoms with Gasteiger partial charge < -0.3 is 15.3 Å². The van der Waals surface area contributed by atoms with Crippen LogP contribution in [0.5, 0.6) is 0 Å². The molecule has 0 rings (SSSR count). The largest absolute Gasteiger partial charge is 0.481 e. The molecule has 0 saturated heterocycles. The number of carboxylic acids is 3. The molecule has 6 heteroatoms. The topological polar surface area (TPSA) is 112 Å². The first-order valence-electron chi connectivity index (χ1n) is 5.05. The molecule has 0 bridgehead atoms. The van der Waals surface area contributed by atoms with E-state index in [1.165, 1.54) is 0 Å². The first-order chi connectivity index (χ1) is 7.38. The lowest BCUT2D eigenvalue weighted by molar-refractivity contribution is -0.151. The second-order valence-electron chi connectivity index (χ2n) is 3.69.